The number of benzene rings is 1. The molecule has 0 aliphatic rings. The summed E-state index contributed by atoms with van der Waals surface area (Å²) in [7, 11) is 0. The SMILES string of the molecule is CCCc1ccc(CCNC(=O)C(C)C(=O)O)cc1. The van der Waals surface area contributed by atoms with E-state index in [2.05, 4.69) is 36.5 Å². The highest BCUT2D eigenvalue weighted by Gasteiger charge is 2.19. The zero-order chi connectivity index (χ0) is 14.3. The molecule has 2 N–H and O–H groups in total. The summed E-state index contributed by atoms with van der Waals surface area (Å²) in [5.41, 5.74) is 2.46. The van der Waals surface area contributed by atoms with Crippen molar-refractivity contribution in [1.29, 1.82) is 0 Å². The molecule has 4 heteroatoms. The summed E-state index contributed by atoms with van der Waals surface area (Å²) in [6.45, 7) is 3.99. The fourth-order valence-electron chi connectivity index (χ4n) is 1.76. The first-order chi connectivity index (χ1) is 9.04. The predicted octanol–water partition coefficient (Wildman–Crippen LogP) is 2.02. The van der Waals surface area contributed by atoms with Crippen molar-refractivity contribution in [3.63, 3.8) is 0 Å². The molecule has 1 atom stereocenters. The molecule has 0 aliphatic carbocycles. The lowest BCUT2D eigenvalue weighted by molar-refractivity contribution is -0.146. The topological polar surface area (TPSA) is 66.4 Å². The zero-order valence-electron chi connectivity index (χ0n) is 11.5. The molecule has 0 aliphatic heterocycles. The van der Waals surface area contributed by atoms with Gasteiger partial charge in [0.25, 0.3) is 0 Å². The maximum Gasteiger partial charge on any atom is 0.315 e. The summed E-state index contributed by atoms with van der Waals surface area (Å²) in [4.78, 5) is 22.0. The largest absolute Gasteiger partial charge is 0.481 e. The van der Waals surface area contributed by atoms with Crippen LogP contribution in [0.15, 0.2) is 24.3 Å². The van der Waals surface area contributed by atoms with Gasteiger partial charge in [-0.3, -0.25) is 9.59 Å². The number of aryl methyl sites for hydroxylation is 1. The highest BCUT2D eigenvalue weighted by molar-refractivity contribution is 5.96. The second-order valence-electron chi connectivity index (χ2n) is 4.67. The Morgan fingerprint density at radius 2 is 1.68 bits per heavy atom. The van der Waals surface area contributed by atoms with Crippen molar-refractivity contribution in [3.8, 4) is 0 Å². The van der Waals surface area contributed by atoms with Crippen LogP contribution in [-0.2, 0) is 22.4 Å². The molecule has 4 nitrogen and oxygen atoms in total. The molecule has 0 saturated carbocycles. The monoisotopic (exact) mass is 263 g/mol. The Hall–Kier alpha value is -1.84. The molecule has 0 aromatic heterocycles. The van der Waals surface area contributed by atoms with E-state index in [0.717, 1.165) is 18.4 Å². The second-order valence-corrected chi connectivity index (χ2v) is 4.67. The lowest BCUT2D eigenvalue weighted by Gasteiger charge is -2.08. The first-order valence-electron chi connectivity index (χ1n) is 6.63. The molecule has 0 saturated heterocycles. The summed E-state index contributed by atoms with van der Waals surface area (Å²) in [6.07, 6.45) is 2.92. The van der Waals surface area contributed by atoms with Crippen molar-refractivity contribution in [2.24, 2.45) is 5.92 Å². The van der Waals surface area contributed by atoms with Crippen LogP contribution in [0, 0.1) is 5.92 Å². The molecule has 0 spiro atoms. The number of carboxylic acids is 1. The maximum absolute atomic E-state index is 11.4. The highest BCUT2D eigenvalue weighted by atomic mass is 16.4. The smallest absolute Gasteiger partial charge is 0.315 e. The van der Waals surface area contributed by atoms with E-state index in [0.29, 0.717) is 13.0 Å². The van der Waals surface area contributed by atoms with Crippen molar-refractivity contribution in [3.05, 3.63) is 35.4 Å². The number of hydrogen-bond acceptors (Lipinski definition) is 2. The van der Waals surface area contributed by atoms with Crippen molar-refractivity contribution >= 4 is 11.9 Å². The Morgan fingerprint density at radius 1 is 1.16 bits per heavy atom. The fourth-order valence-corrected chi connectivity index (χ4v) is 1.76. The third-order valence-electron chi connectivity index (χ3n) is 3.04. The second kappa shape index (κ2) is 7.56. The van der Waals surface area contributed by atoms with E-state index in [1.165, 1.54) is 12.5 Å². The molecule has 1 unspecified atom stereocenters. The van der Waals surface area contributed by atoms with Gasteiger partial charge in [0.05, 0.1) is 0 Å². The van der Waals surface area contributed by atoms with Crippen LogP contribution in [0.4, 0.5) is 0 Å². The van der Waals surface area contributed by atoms with E-state index in [9.17, 15) is 9.59 Å². The van der Waals surface area contributed by atoms with Crippen LogP contribution >= 0.6 is 0 Å². The van der Waals surface area contributed by atoms with E-state index in [-0.39, 0.29) is 0 Å². The Labute approximate surface area is 113 Å². The van der Waals surface area contributed by atoms with Crippen LogP contribution < -0.4 is 5.32 Å². The summed E-state index contributed by atoms with van der Waals surface area (Å²) >= 11 is 0. The quantitative estimate of drug-likeness (QED) is 0.740. The summed E-state index contributed by atoms with van der Waals surface area (Å²) in [5, 5.41) is 11.3. The molecule has 104 valence electrons. The van der Waals surface area contributed by atoms with Crippen molar-refractivity contribution in [1.82, 2.24) is 5.32 Å². The van der Waals surface area contributed by atoms with E-state index < -0.39 is 17.8 Å². The number of amides is 1. The minimum atomic E-state index is -1.10. The van der Waals surface area contributed by atoms with Gasteiger partial charge < -0.3 is 10.4 Å². The summed E-state index contributed by atoms with van der Waals surface area (Å²) in [6, 6.07) is 8.30. The molecule has 0 radical (unpaired) electrons. The van der Waals surface area contributed by atoms with Gasteiger partial charge in [0.15, 0.2) is 0 Å². The number of nitrogens with one attached hydrogen (secondary N) is 1. The first kappa shape index (κ1) is 15.2. The number of carbonyl (C=O) groups excluding carboxylic acids is 1. The Kier molecular flexibility index (Phi) is 6.06. The number of aliphatic carboxylic acids is 1. The number of carbonyl (C=O) groups is 2. The van der Waals surface area contributed by atoms with E-state index >= 15 is 0 Å². The zero-order valence-corrected chi connectivity index (χ0v) is 11.5. The van der Waals surface area contributed by atoms with Crippen molar-refractivity contribution in [2.75, 3.05) is 6.54 Å². The van der Waals surface area contributed by atoms with E-state index in [1.54, 1.807) is 0 Å². The fraction of sp³-hybridized carbons (Fsp3) is 0.467. The molecule has 1 aromatic rings. The maximum atomic E-state index is 11.4. The molecule has 1 rings (SSSR count). The molecule has 0 fully saturated rings. The van der Waals surface area contributed by atoms with Gasteiger partial charge in [-0.2, -0.15) is 0 Å². The average Bonchev–Trinajstić information content (AvgIpc) is 2.40. The normalized spacial score (nSPS) is 11.9. The van der Waals surface area contributed by atoms with Gasteiger partial charge in [-0.15, -0.1) is 0 Å². The summed E-state index contributed by atoms with van der Waals surface area (Å²) in [5.74, 6) is -2.52. The third kappa shape index (κ3) is 5.12. The standard InChI is InChI=1S/C15H21NO3/c1-3-4-12-5-7-13(8-6-12)9-10-16-14(17)11(2)15(18)19/h5-8,11H,3-4,9-10H2,1-2H3,(H,16,17)(H,18,19). The molecular weight excluding hydrogens is 242 g/mol. The molecule has 19 heavy (non-hydrogen) atoms. The van der Waals surface area contributed by atoms with Crippen LogP contribution in [0.1, 0.15) is 31.4 Å². The van der Waals surface area contributed by atoms with Gasteiger partial charge in [0.1, 0.15) is 5.92 Å². The van der Waals surface area contributed by atoms with Crippen LogP contribution in [0.25, 0.3) is 0 Å². The Morgan fingerprint density at radius 3 is 2.16 bits per heavy atom. The predicted molar refractivity (Wildman–Crippen MR) is 74.0 cm³/mol. The van der Waals surface area contributed by atoms with Crippen LogP contribution in [0.5, 0.6) is 0 Å². The van der Waals surface area contributed by atoms with Gasteiger partial charge in [-0.1, -0.05) is 37.6 Å². The third-order valence-corrected chi connectivity index (χ3v) is 3.04. The Balaban J connectivity index is 2.37. The molecule has 0 bridgehead atoms. The van der Waals surface area contributed by atoms with Crippen LogP contribution in [0.3, 0.4) is 0 Å². The molecule has 0 heterocycles. The average molecular weight is 263 g/mol. The molecular formula is C15H21NO3. The minimum Gasteiger partial charge on any atom is -0.481 e. The number of hydrogen-bond donors (Lipinski definition) is 2. The molecule has 1 amide bonds. The first-order valence-corrected chi connectivity index (χ1v) is 6.63. The van der Waals surface area contributed by atoms with Gasteiger partial charge in [-0.05, 0) is 30.9 Å². The van der Waals surface area contributed by atoms with Crippen LogP contribution in [-0.4, -0.2) is 23.5 Å². The summed E-state index contributed by atoms with van der Waals surface area (Å²) < 4.78 is 0. The highest BCUT2D eigenvalue weighted by Crippen LogP contribution is 2.07. The van der Waals surface area contributed by atoms with Crippen molar-refractivity contribution < 1.29 is 14.7 Å². The van der Waals surface area contributed by atoms with E-state index in [4.69, 9.17) is 5.11 Å². The lowest BCUT2D eigenvalue weighted by Crippen LogP contribution is -2.34. The molecule has 1 aromatic carbocycles. The van der Waals surface area contributed by atoms with Gasteiger partial charge in [-0.25, -0.2) is 0 Å². The van der Waals surface area contributed by atoms with Gasteiger partial charge >= 0.3 is 5.97 Å². The Bertz CT molecular complexity index is 426. The minimum absolute atomic E-state index is 0.435. The lowest BCUT2D eigenvalue weighted by atomic mass is 10.1. The van der Waals surface area contributed by atoms with Crippen molar-refractivity contribution in [2.45, 2.75) is 33.1 Å². The number of carboxylic acid groups (broad SMARTS) is 1. The van der Waals surface area contributed by atoms with Crippen LogP contribution in [0.2, 0.25) is 0 Å². The van der Waals surface area contributed by atoms with Gasteiger partial charge in [0.2, 0.25) is 5.91 Å². The van der Waals surface area contributed by atoms with E-state index in [1.807, 2.05) is 0 Å². The van der Waals surface area contributed by atoms with Gasteiger partial charge in [0, 0.05) is 6.54 Å². The number of rotatable bonds is 7.